The maximum Gasteiger partial charge on any atom is 0.262 e. The van der Waals surface area contributed by atoms with Gasteiger partial charge in [-0.3, -0.25) is 4.79 Å². The molecular weight excluding hydrogens is 268 g/mol. The molecule has 0 spiro atoms. The Hall–Kier alpha value is -1.59. The third kappa shape index (κ3) is 4.72. The normalized spacial score (nSPS) is 14.3. The summed E-state index contributed by atoms with van der Waals surface area (Å²) in [6.45, 7) is 6.34. The summed E-state index contributed by atoms with van der Waals surface area (Å²) in [7, 11) is 0. The van der Waals surface area contributed by atoms with Gasteiger partial charge in [0.1, 0.15) is 5.75 Å². The molecule has 1 aromatic rings. The Balaban J connectivity index is 1.86. The van der Waals surface area contributed by atoms with Gasteiger partial charge in [0.25, 0.3) is 5.91 Å². The van der Waals surface area contributed by atoms with Crippen molar-refractivity contribution in [2.75, 3.05) is 25.1 Å². The molecule has 0 saturated heterocycles. The van der Waals surface area contributed by atoms with Crippen LogP contribution in [0, 0.1) is 5.41 Å². The van der Waals surface area contributed by atoms with Crippen LogP contribution in [0.25, 0.3) is 0 Å². The summed E-state index contributed by atoms with van der Waals surface area (Å²) < 4.78 is 5.34. The summed E-state index contributed by atoms with van der Waals surface area (Å²) in [4.78, 5) is 11.3. The molecule has 0 aliphatic carbocycles. The van der Waals surface area contributed by atoms with Crippen molar-refractivity contribution < 1.29 is 14.6 Å². The molecule has 0 saturated carbocycles. The molecule has 3 N–H and O–H groups in total. The third-order valence-electron chi connectivity index (χ3n) is 3.62. The predicted molar refractivity (Wildman–Crippen MR) is 82.4 cm³/mol. The third-order valence-corrected chi connectivity index (χ3v) is 3.62. The molecule has 116 valence electrons. The Morgan fingerprint density at radius 2 is 2.24 bits per heavy atom. The Kier molecular flexibility index (Phi) is 5.20. The zero-order valence-electron chi connectivity index (χ0n) is 12.7. The first-order valence-electron chi connectivity index (χ1n) is 7.37. The summed E-state index contributed by atoms with van der Waals surface area (Å²) in [5.41, 5.74) is 2.01. The first-order chi connectivity index (χ1) is 10.00. The topological polar surface area (TPSA) is 70.6 Å². The van der Waals surface area contributed by atoms with E-state index in [4.69, 9.17) is 9.84 Å². The van der Waals surface area contributed by atoms with E-state index in [9.17, 15) is 4.79 Å². The second-order valence-electron chi connectivity index (χ2n) is 6.26. The minimum absolute atomic E-state index is 0.0869. The molecule has 0 unspecified atom stereocenters. The van der Waals surface area contributed by atoms with Gasteiger partial charge in [-0.05, 0) is 36.0 Å². The summed E-state index contributed by atoms with van der Waals surface area (Å²) in [6, 6.07) is 5.84. The van der Waals surface area contributed by atoms with Crippen LogP contribution in [0.3, 0.4) is 0 Å². The fourth-order valence-electron chi connectivity index (χ4n) is 2.43. The highest BCUT2D eigenvalue weighted by molar-refractivity contribution is 5.95. The van der Waals surface area contributed by atoms with Crippen LogP contribution < -0.4 is 15.4 Å². The van der Waals surface area contributed by atoms with Crippen LogP contribution in [0.4, 0.5) is 5.69 Å². The van der Waals surface area contributed by atoms with Gasteiger partial charge < -0.3 is 20.5 Å². The van der Waals surface area contributed by atoms with E-state index in [1.54, 1.807) is 0 Å². The molecule has 1 aliphatic rings. The molecular formula is C16H24N2O3. The van der Waals surface area contributed by atoms with Gasteiger partial charge in [-0.15, -0.1) is 0 Å². The van der Waals surface area contributed by atoms with E-state index in [-0.39, 0.29) is 24.5 Å². The number of carbonyl (C=O) groups is 1. The quantitative estimate of drug-likeness (QED) is 0.718. The number of anilines is 1. The van der Waals surface area contributed by atoms with E-state index in [1.165, 1.54) is 0 Å². The second kappa shape index (κ2) is 6.91. The van der Waals surface area contributed by atoms with Gasteiger partial charge in [-0.1, -0.05) is 19.9 Å². The van der Waals surface area contributed by atoms with Crippen molar-refractivity contribution in [1.82, 2.24) is 5.32 Å². The SMILES string of the molecule is CC(C)(CCCO)CNCc1ccc2c(c1)NC(=O)CO2. The van der Waals surface area contributed by atoms with Crippen LogP contribution in [0.2, 0.25) is 0 Å². The van der Waals surface area contributed by atoms with Crippen molar-refractivity contribution in [3.05, 3.63) is 23.8 Å². The summed E-state index contributed by atoms with van der Waals surface area (Å²) in [6.07, 6.45) is 1.82. The number of aliphatic hydroxyl groups is 1. The second-order valence-corrected chi connectivity index (χ2v) is 6.26. The summed E-state index contributed by atoms with van der Waals surface area (Å²) >= 11 is 0. The van der Waals surface area contributed by atoms with Gasteiger partial charge in [-0.25, -0.2) is 0 Å². The van der Waals surface area contributed by atoms with Crippen LogP contribution in [0.1, 0.15) is 32.3 Å². The van der Waals surface area contributed by atoms with E-state index < -0.39 is 0 Å². The molecule has 5 nitrogen and oxygen atoms in total. The molecule has 0 aromatic heterocycles. The zero-order chi connectivity index (χ0) is 15.3. The summed E-state index contributed by atoms with van der Waals surface area (Å²) in [5, 5.41) is 15.1. The van der Waals surface area contributed by atoms with Crippen molar-refractivity contribution in [3.8, 4) is 5.75 Å². The standard InChI is InChI=1S/C16H24N2O3/c1-16(2,6-3-7-19)11-17-9-12-4-5-14-13(8-12)18-15(20)10-21-14/h4-5,8,17,19H,3,6-7,9-11H2,1-2H3,(H,18,20). The number of benzene rings is 1. The van der Waals surface area contributed by atoms with Gasteiger partial charge in [0, 0.05) is 19.7 Å². The Labute approximate surface area is 125 Å². The van der Waals surface area contributed by atoms with Crippen molar-refractivity contribution in [2.45, 2.75) is 33.2 Å². The number of rotatable bonds is 7. The maximum atomic E-state index is 11.3. The highest BCUT2D eigenvalue weighted by Crippen LogP contribution is 2.28. The van der Waals surface area contributed by atoms with Crippen LogP contribution in [-0.2, 0) is 11.3 Å². The molecule has 1 aromatic carbocycles. The molecule has 1 heterocycles. The number of hydrogen-bond donors (Lipinski definition) is 3. The lowest BCUT2D eigenvalue weighted by Gasteiger charge is -2.25. The maximum absolute atomic E-state index is 11.3. The largest absolute Gasteiger partial charge is 0.482 e. The lowest BCUT2D eigenvalue weighted by molar-refractivity contribution is -0.118. The fourth-order valence-corrected chi connectivity index (χ4v) is 2.43. The number of ether oxygens (including phenoxy) is 1. The first-order valence-corrected chi connectivity index (χ1v) is 7.37. The number of aliphatic hydroxyl groups excluding tert-OH is 1. The van der Waals surface area contributed by atoms with Gasteiger partial charge in [0.2, 0.25) is 0 Å². The van der Waals surface area contributed by atoms with Gasteiger partial charge in [-0.2, -0.15) is 0 Å². The van der Waals surface area contributed by atoms with Crippen molar-refractivity contribution in [1.29, 1.82) is 0 Å². The van der Waals surface area contributed by atoms with Crippen molar-refractivity contribution in [3.63, 3.8) is 0 Å². The number of carbonyl (C=O) groups excluding carboxylic acids is 1. The van der Waals surface area contributed by atoms with Crippen LogP contribution in [-0.4, -0.2) is 30.8 Å². The highest BCUT2D eigenvalue weighted by atomic mass is 16.5. The first kappa shape index (κ1) is 15.8. The number of fused-ring (bicyclic) bond motifs is 1. The smallest absolute Gasteiger partial charge is 0.262 e. The molecule has 1 aliphatic heterocycles. The Bertz CT molecular complexity index is 500. The summed E-state index contributed by atoms with van der Waals surface area (Å²) in [5.74, 6) is 0.611. The predicted octanol–water partition coefficient (Wildman–Crippen LogP) is 1.91. The van der Waals surface area contributed by atoms with Gasteiger partial charge in [0.05, 0.1) is 5.69 Å². The minimum Gasteiger partial charge on any atom is -0.482 e. The molecule has 2 rings (SSSR count). The van der Waals surface area contributed by atoms with E-state index in [2.05, 4.69) is 24.5 Å². The fraction of sp³-hybridized carbons (Fsp3) is 0.562. The minimum atomic E-state index is -0.113. The molecule has 0 radical (unpaired) electrons. The van der Waals surface area contributed by atoms with E-state index >= 15 is 0 Å². The molecule has 5 heteroatoms. The lowest BCUT2D eigenvalue weighted by atomic mass is 9.88. The number of nitrogens with one attached hydrogen (secondary N) is 2. The number of amides is 1. The van der Waals surface area contributed by atoms with Crippen LogP contribution >= 0.6 is 0 Å². The molecule has 1 amide bonds. The monoisotopic (exact) mass is 292 g/mol. The van der Waals surface area contributed by atoms with E-state index in [0.29, 0.717) is 0 Å². The average molecular weight is 292 g/mol. The highest BCUT2D eigenvalue weighted by Gasteiger charge is 2.18. The molecule has 0 bridgehead atoms. The van der Waals surface area contributed by atoms with Crippen LogP contribution in [0.15, 0.2) is 18.2 Å². The lowest BCUT2D eigenvalue weighted by Crippen LogP contribution is -2.29. The molecule has 21 heavy (non-hydrogen) atoms. The van der Waals surface area contributed by atoms with Crippen molar-refractivity contribution in [2.24, 2.45) is 5.41 Å². The molecule has 0 fully saturated rings. The van der Waals surface area contributed by atoms with Gasteiger partial charge >= 0.3 is 0 Å². The average Bonchev–Trinajstić information content (AvgIpc) is 2.44. The zero-order valence-corrected chi connectivity index (χ0v) is 12.7. The van der Waals surface area contributed by atoms with Gasteiger partial charge in [0.15, 0.2) is 6.61 Å². The van der Waals surface area contributed by atoms with Crippen LogP contribution in [0.5, 0.6) is 5.75 Å². The molecule has 0 atom stereocenters. The van der Waals surface area contributed by atoms with E-state index in [0.717, 1.165) is 42.9 Å². The van der Waals surface area contributed by atoms with Crippen molar-refractivity contribution >= 4 is 11.6 Å². The van der Waals surface area contributed by atoms with E-state index in [1.807, 2.05) is 18.2 Å². The number of hydrogen-bond acceptors (Lipinski definition) is 4. The Morgan fingerprint density at radius 1 is 1.43 bits per heavy atom. The Morgan fingerprint density at radius 3 is 3.00 bits per heavy atom.